The van der Waals surface area contributed by atoms with E-state index in [1.54, 1.807) is 31.4 Å². The number of anilines is 1. The molecule has 0 aromatic heterocycles. The minimum atomic E-state index is -0.251. The van der Waals surface area contributed by atoms with Gasteiger partial charge in [-0.15, -0.1) is 0 Å². The Bertz CT molecular complexity index is 650. The van der Waals surface area contributed by atoms with E-state index in [0.717, 1.165) is 11.3 Å². The van der Waals surface area contributed by atoms with Crippen LogP contribution in [0.5, 0.6) is 5.75 Å². The highest BCUT2D eigenvalue weighted by Gasteiger charge is 2.03. The van der Waals surface area contributed by atoms with E-state index in [0.29, 0.717) is 11.3 Å². The molecule has 0 aliphatic rings. The number of carbonyl (C=O) groups excluding carboxylic acids is 1. The van der Waals surface area contributed by atoms with Crippen LogP contribution in [0.3, 0.4) is 0 Å². The van der Waals surface area contributed by atoms with Gasteiger partial charge < -0.3 is 15.2 Å². The maximum absolute atomic E-state index is 11.9. The van der Waals surface area contributed by atoms with Crippen molar-refractivity contribution in [3.05, 3.63) is 65.7 Å². The van der Waals surface area contributed by atoms with Gasteiger partial charge in [0, 0.05) is 17.3 Å². The molecule has 0 unspecified atom stereocenters. The molecule has 2 N–H and O–H groups in total. The van der Waals surface area contributed by atoms with Gasteiger partial charge in [0.2, 0.25) is 5.91 Å². The summed E-state index contributed by atoms with van der Waals surface area (Å²) >= 11 is 0. The number of hydrogen-bond donors (Lipinski definition) is 2. The van der Waals surface area contributed by atoms with Crippen molar-refractivity contribution in [2.45, 2.75) is 6.61 Å². The Morgan fingerprint density at radius 3 is 2.81 bits per heavy atom. The van der Waals surface area contributed by atoms with E-state index >= 15 is 0 Å². The highest BCUT2D eigenvalue weighted by molar-refractivity contribution is 6.02. The number of hydrogen-bond acceptors (Lipinski definition) is 3. The van der Waals surface area contributed by atoms with Gasteiger partial charge in [-0.1, -0.05) is 30.3 Å². The first kappa shape index (κ1) is 14.8. The number of carbonyl (C=O) groups is 1. The van der Waals surface area contributed by atoms with Crippen molar-refractivity contribution in [1.29, 1.82) is 0 Å². The lowest BCUT2D eigenvalue weighted by Crippen LogP contribution is -2.09. The van der Waals surface area contributed by atoms with Crippen LogP contribution in [0.15, 0.2) is 54.6 Å². The van der Waals surface area contributed by atoms with Crippen molar-refractivity contribution >= 4 is 17.7 Å². The maximum atomic E-state index is 11.9. The third kappa shape index (κ3) is 4.19. The summed E-state index contributed by atoms with van der Waals surface area (Å²) in [6.45, 7) is -0.115. The molecule has 2 aromatic rings. The number of nitrogens with one attached hydrogen (secondary N) is 1. The number of aliphatic hydroxyl groups excluding tert-OH is 1. The topological polar surface area (TPSA) is 58.6 Å². The van der Waals surface area contributed by atoms with Crippen molar-refractivity contribution in [1.82, 2.24) is 0 Å². The zero-order chi connectivity index (χ0) is 15.1. The van der Waals surface area contributed by atoms with Crippen molar-refractivity contribution in [3.8, 4) is 5.75 Å². The molecule has 0 saturated heterocycles. The summed E-state index contributed by atoms with van der Waals surface area (Å²) < 4.78 is 5.13. The summed E-state index contributed by atoms with van der Waals surface area (Å²) in [6, 6.07) is 14.6. The molecule has 4 nitrogen and oxygen atoms in total. The zero-order valence-corrected chi connectivity index (χ0v) is 11.7. The predicted octanol–water partition coefficient (Wildman–Crippen LogP) is 2.84. The van der Waals surface area contributed by atoms with E-state index in [1.165, 1.54) is 6.08 Å². The van der Waals surface area contributed by atoms with E-state index in [2.05, 4.69) is 5.32 Å². The number of amides is 1. The maximum Gasteiger partial charge on any atom is 0.248 e. The molecule has 0 fully saturated rings. The Hall–Kier alpha value is -2.59. The number of para-hydroxylation sites is 1. The minimum absolute atomic E-state index is 0.115. The second kappa shape index (κ2) is 7.26. The van der Waals surface area contributed by atoms with Gasteiger partial charge >= 0.3 is 0 Å². The fraction of sp³-hybridized carbons (Fsp3) is 0.118. The molecular weight excluding hydrogens is 266 g/mol. The SMILES string of the molecule is COc1cccc(C=CC(=O)Nc2ccccc2CO)c1. The minimum Gasteiger partial charge on any atom is -0.497 e. The second-order valence-corrected chi connectivity index (χ2v) is 4.41. The molecule has 108 valence electrons. The first-order valence-electron chi connectivity index (χ1n) is 6.55. The van der Waals surface area contributed by atoms with Crippen molar-refractivity contribution in [2.24, 2.45) is 0 Å². The molecule has 0 atom stereocenters. The standard InChI is InChI=1S/C17H17NO3/c1-21-15-7-4-5-13(11-15)9-10-17(20)18-16-8-3-2-6-14(16)12-19/h2-11,19H,12H2,1H3,(H,18,20). The van der Waals surface area contributed by atoms with E-state index in [-0.39, 0.29) is 12.5 Å². The van der Waals surface area contributed by atoms with Crippen LogP contribution in [-0.4, -0.2) is 18.1 Å². The molecular formula is C17H17NO3. The zero-order valence-electron chi connectivity index (χ0n) is 11.7. The molecule has 2 rings (SSSR count). The summed E-state index contributed by atoms with van der Waals surface area (Å²) in [5.74, 6) is 0.488. The highest BCUT2D eigenvalue weighted by atomic mass is 16.5. The number of rotatable bonds is 5. The normalized spacial score (nSPS) is 10.6. The second-order valence-electron chi connectivity index (χ2n) is 4.41. The predicted molar refractivity (Wildman–Crippen MR) is 83.0 cm³/mol. The molecule has 0 saturated carbocycles. The summed E-state index contributed by atoms with van der Waals surface area (Å²) in [7, 11) is 1.60. The number of aliphatic hydroxyl groups is 1. The van der Waals surface area contributed by atoms with Crippen LogP contribution in [0, 0.1) is 0 Å². The van der Waals surface area contributed by atoms with E-state index in [4.69, 9.17) is 4.74 Å². The third-order valence-electron chi connectivity index (χ3n) is 2.97. The van der Waals surface area contributed by atoms with Crippen LogP contribution in [0.2, 0.25) is 0 Å². The molecule has 0 spiro atoms. The molecule has 21 heavy (non-hydrogen) atoms. The summed E-state index contributed by atoms with van der Waals surface area (Å²) in [6.07, 6.45) is 3.16. The third-order valence-corrected chi connectivity index (χ3v) is 2.97. The Morgan fingerprint density at radius 2 is 2.05 bits per heavy atom. The van der Waals surface area contributed by atoms with Gasteiger partial charge in [0.25, 0.3) is 0 Å². The van der Waals surface area contributed by atoms with Gasteiger partial charge in [-0.2, -0.15) is 0 Å². The van der Waals surface area contributed by atoms with Gasteiger partial charge in [0.15, 0.2) is 0 Å². The molecule has 0 aliphatic heterocycles. The van der Waals surface area contributed by atoms with Crippen molar-refractivity contribution in [3.63, 3.8) is 0 Å². The first-order chi connectivity index (χ1) is 10.2. The Morgan fingerprint density at radius 1 is 1.24 bits per heavy atom. The van der Waals surface area contributed by atoms with Crippen LogP contribution in [-0.2, 0) is 11.4 Å². The average Bonchev–Trinajstić information content (AvgIpc) is 2.53. The van der Waals surface area contributed by atoms with Crippen LogP contribution in [0.25, 0.3) is 6.08 Å². The summed E-state index contributed by atoms with van der Waals surface area (Å²) in [5.41, 5.74) is 2.17. The van der Waals surface area contributed by atoms with Crippen molar-refractivity contribution in [2.75, 3.05) is 12.4 Å². The monoisotopic (exact) mass is 283 g/mol. The Balaban J connectivity index is 2.05. The van der Waals surface area contributed by atoms with Gasteiger partial charge in [-0.05, 0) is 29.8 Å². The van der Waals surface area contributed by atoms with E-state index in [9.17, 15) is 9.90 Å². The summed E-state index contributed by atoms with van der Waals surface area (Å²) in [5, 5.41) is 12.0. The lowest BCUT2D eigenvalue weighted by Gasteiger charge is -2.07. The van der Waals surface area contributed by atoms with E-state index in [1.807, 2.05) is 30.3 Å². The van der Waals surface area contributed by atoms with Gasteiger partial charge in [-0.25, -0.2) is 0 Å². The van der Waals surface area contributed by atoms with E-state index < -0.39 is 0 Å². The number of methoxy groups -OCH3 is 1. The molecule has 0 heterocycles. The van der Waals surface area contributed by atoms with Crippen LogP contribution in [0.1, 0.15) is 11.1 Å². The first-order valence-corrected chi connectivity index (χ1v) is 6.55. The number of benzene rings is 2. The van der Waals surface area contributed by atoms with Gasteiger partial charge in [0.05, 0.1) is 13.7 Å². The van der Waals surface area contributed by atoms with Gasteiger partial charge in [-0.3, -0.25) is 4.79 Å². The molecule has 4 heteroatoms. The average molecular weight is 283 g/mol. The quantitative estimate of drug-likeness (QED) is 0.830. The van der Waals surface area contributed by atoms with Crippen LogP contribution in [0.4, 0.5) is 5.69 Å². The number of ether oxygens (including phenoxy) is 1. The Labute approximate surface area is 123 Å². The lowest BCUT2D eigenvalue weighted by molar-refractivity contribution is -0.111. The lowest BCUT2D eigenvalue weighted by atomic mass is 10.2. The molecule has 0 aliphatic carbocycles. The molecule has 0 bridgehead atoms. The largest absolute Gasteiger partial charge is 0.497 e. The fourth-order valence-electron chi connectivity index (χ4n) is 1.87. The molecule has 0 radical (unpaired) electrons. The highest BCUT2D eigenvalue weighted by Crippen LogP contribution is 2.16. The molecule has 2 aromatic carbocycles. The van der Waals surface area contributed by atoms with Gasteiger partial charge in [0.1, 0.15) is 5.75 Å². The summed E-state index contributed by atoms with van der Waals surface area (Å²) in [4.78, 5) is 11.9. The molecule has 1 amide bonds. The van der Waals surface area contributed by atoms with Crippen LogP contribution < -0.4 is 10.1 Å². The fourth-order valence-corrected chi connectivity index (χ4v) is 1.87. The Kier molecular flexibility index (Phi) is 5.12. The van der Waals surface area contributed by atoms with Crippen molar-refractivity contribution < 1.29 is 14.6 Å². The van der Waals surface area contributed by atoms with Crippen LogP contribution >= 0.6 is 0 Å². The smallest absolute Gasteiger partial charge is 0.248 e.